The zero-order valence-corrected chi connectivity index (χ0v) is 20.9. The monoisotopic (exact) mass is 510 g/mol. The van der Waals surface area contributed by atoms with Crippen molar-refractivity contribution in [3.63, 3.8) is 0 Å². The van der Waals surface area contributed by atoms with Gasteiger partial charge in [0.05, 0.1) is 23.8 Å². The van der Waals surface area contributed by atoms with Gasteiger partial charge < -0.3 is 10.1 Å². The van der Waals surface area contributed by atoms with Crippen molar-refractivity contribution in [2.75, 3.05) is 7.11 Å². The largest absolute Gasteiger partial charge is 0.465 e. The quantitative estimate of drug-likeness (QED) is 0.398. The molecule has 0 radical (unpaired) electrons. The first-order chi connectivity index (χ1) is 17.6. The number of hydrogen-bond acceptors (Lipinski definition) is 4. The summed E-state index contributed by atoms with van der Waals surface area (Å²) in [6.07, 6.45) is -1.41. The van der Waals surface area contributed by atoms with Crippen LogP contribution in [0.5, 0.6) is 0 Å². The van der Waals surface area contributed by atoms with Gasteiger partial charge >= 0.3 is 12.1 Å². The van der Waals surface area contributed by atoms with Gasteiger partial charge in [0.15, 0.2) is 0 Å². The van der Waals surface area contributed by atoms with Gasteiger partial charge in [-0.25, -0.2) is 4.79 Å². The number of aromatic nitrogens is 1. The zero-order valence-electron chi connectivity index (χ0n) is 20.9. The van der Waals surface area contributed by atoms with Crippen LogP contribution in [0.25, 0.3) is 0 Å². The van der Waals surface area contributed by atoms with Crippen molar-refractivity contribution in [2.24, 2.45) is 11.8 Å². The van der Waals surface area contributed by atoms with Crippen LogP contribution < -0.4 is 5.32 Å². The summed E-state index contributed by atoms with van der Waals surface area (Å²) >= 11 is 0. The van der Waals surface area contributed by atoms with Crippen LogP contribution in [0, 0.1) is 11.8 Å². The van der Waals surface area contributed by atoms with E-state index in [2.05, 4.69) is 24.1 Å². The van der Waals surface area contributed by atoms with Gasteiger partial charge in [-0.3, -0.25) is 9.78 Å². The van der Waals surface area contributed by atoms with E-state index in [1.807, 2.05) is 6.07 Å². The van der Waals surface area contributed by atoms with E-state index in [-0.39, 0.29) is 17.7 Å². The number of rotatable bonds is 7. The number of fused-ring (bicyclic) bond motifs is 1. The first kappa shape index (κ1) is 26.4. The van der Waals surface area contributed by atoms with Gasteiger partial charge in [-0.2, -0.15) is 13.2 Å². The molecule has 0 fully saturated rings. The van der Waals surface area contributed by atoms with Crippen molar-refractivity contribution < 1.29 is 27.5 Å². The van der Waals surface area contributed by atoms with Gasteiger partial charge in [0.1, 0.15) is 0 Å². The topological polar surface area (TPSA) is 68.3 Å². The molecule has 4 rings (SSSR count). The number of amides is 1. The van der Waals surface area contributed by atoms with Crippen molar-refractivity contribution in [2.45, 2.75) is 45.3 Å². The highest BCUT2D eigenvalue weighted by molar-refractivity contribution is 5.94. The van der Waals surface area contributed by atoms with Gasteiger partial charge in [0.2, 0.25) is 0 Å². The number of nitrogens with zero attached hydrogens (tertiary/aromatic N) is 1. The number of esters is 1. The Morgan fingerprint density at radius 2 is 1.68 bits per heavy atom. The molecule has 2 aromatic carbocycles. The van der Waals surface area contributed by atoms with Crippen molar-refractivity contribution in [3.8, 4) is 0 Å². The second-order valence-electron chi connectivity index (χ2n) is 9.77. The predicted molar refractivity (Wildman–Crippen MR) is 133 cm³/mol. The maximum absolute atomic E-state index is 12.9. The molecule has 194 valence electrons. The molecule has 1 aromatic heterocycles. The number of pyridine rings is 1. The number of methoxy groups -OCH3 is 1. The van der Waals surface area contributed by atoms with Crippen molar-refractivity contribution in [1.29, 1.82) is 0 Å². The summed E-state index contributed by atoms with van der Waals surface area (Å²) < 4.78 is 43.5. The number of benzene rings is 2. The molecular weight excluding hydrogens is 481 g/mol. The second-order valence-corrected chi connectivity index (χ2v) is 9.77. The fourth-order valence-corrected chi connectivity index (χ4v) is 5.09. The number of alkyl halides is 3. The minimum absolute atomic E-state index is 0.155. The fourth-order valence-electron chi connectivity index (χ4n) is 5.09. The fraction of sp³-hybridized carbons (Fsp3) is 0.345. The third-order valence-electron chi connectivity index (χ3n) is 6.89. The summed E-state index contributed by atoms with van der Waals surface area (Å²) in [7, 11) is 1.32. The summed E-state index contributed by atoms with van der Waals surface area (Å²) in [6, 6.07) is 14.0. The lowest BCUT2D eigenvalue weighted by Gasteiger charge is -2.23. The van der Waals surface area contributed by atoms with E-state index in [1.54, 1.807) is 42.6 Å². The molecule has 1 aliphatic carbocycles. The summed E-state index contributed by atoms with van der Waals surface area (Å²) in [6.45, 7) is 4.53. The normalized spacial score (nSPS) is 16.9. The van der Waals surface area contributed by atoms with Crippen LogP contribution in [-0.2, 0) is 30.3 Å². The van der Waals surface area contributed by atoms with E-state index in [0.717, 1.165) is 34.5 Å². The number of halogens is 3. The maximum Gasteiger partial charge on any atom is 0.416 e. The minimum Gasteiger partial charge on any atom is -0.465 e. The first-order valence-corrected chi connectivity index (χ1v) is 12.2. The highest BCUT2D eigenvalue weighted by Crippen LogP contribution is 2.43. The molecule has 0 spiro atoms. The third kappa shape index (κ3) is 6.01. The second kappa shape index (κ2) is 10.7. The van der Waals surface area contributed by atoms with Gasteiger partial charge in [0, 0.05) is 24.4 Å². The van der Waals surface area contributed by atoms with E-state index in [0.29, 0.717) is 36.4 Å². The lowest BCUT2D eigenvalue weighted by Crippen LogP contribution is -2.23. The van der Waals surface area contributed by atoms with Crippen molar-refractivity contribution in [3.05, 3.63) is 99.9 Å². The van der Waals surface area contributed by atoms with Crippen LogP contribution >= 0.6 is 0 Å². The molecule has 1 heterocycles. The molecule has 1 N–H and O–H groups in total. The Balaban J connectivity index is 1.44. The number of hydrogen-bond donors (Lipinski definition) is 1. The molecule has 37 heavy (non-hydrogen) atoms. The number of carbonyl (C=O) groups is 2. The number of nitrogens with one attached hydrogen (secondary N) is 1. The lowest BCUT2D eigenvalue weighted by molar-refractivity contribution is -0.137. The van der Waals surface area contributed by atoms with E-state index < -0.39 is 17.7 Å². The summed E-state index contributed by atoms with van der Waals surface area (Å²) in [5.41, 5.74) is 3.91. The molecule has 2 atom stereocenters. The predicted octanol–water partition coefficient (Wildman–Crippen LogP) is 5.97. The SMILES string of the molecule is COC(=O)c1ccc(CNC(=O)c2cnc3c(c2)CC(Cc2ccc(C(F)(F)F)cc2)C3C(C)C)cc1. The summed E-state index contributed by atoms with van der Waals surface area (Å²) in [5, 5.41) is 2.88. The van der Waals surface area contributed by atoms with Crippen LogP contribution in [0.4, 0.5) is 13.2 Å². The third-order valence-corrected chi connectivity index (χ3v) is 6.89. The Kier molecular flexibility index (Phi) is 7.66. The average Bonchev–Trinajstić information content (AvgIpc) is 3.24. The molecule has 0 saturated carbocycles. The van der Waals surface area contributed by atoms with Crippen molar-refractivity contribution in [1.82, 2.24) is 10.3 Å². The Bertz CT molecular complexity index is 1270. The van der Waals surface area contributed by atoms with Crippen molar-refractivity contribution >= 4 is 11.9 Å². The standard InChI is InChI=1S/C29H29F3N2O3/c1-17(2)25-21(12-18-6-10-24(11-7-18)29(30,31)32)13-22-14-23(16-33-26(22)25)27(35)34-15-19-4-8-20(9-5-19)28(36)37-3/h4-11,14,16-17,21,25H,12-13,15H2,1-3H3,(H,34,35). The highest BCUT2D eigenvalue weighted by atomic mass is 19.4. The average molecular weight is 511 g/mol. The molecule has 0 saturated heterocycles. The Hall–Kier alpha value is -3.68. The van der Waals surface area contributed by atoms with Crippen LogP contribution in [0.2, 0.25) is 0 Å². The van der Waals surface area contributed by atoms with Gasteiger partial charge in [0.25, 0.3) is 5.91 Å². The smallest absolute Gasteiger partial charge is 0.416 e. The molecule has 0 aliphatic heterocycles. The lowest BCUT2D eigenvalue weighted by atomic mass is 9.81. The Morgan fingerprint density at radius 3 is 2.27 bits per heavy atom. The molecule has 1 amide bonds. The molecular formula is C29H29F3N2O3. The molecule has 1 aliphatic rings. The highest BCUT2D eigenvalue weighted by Gasteiger charge is 2.36. The van der Waals surface area contributed by atoms with E-state index >= 15 is 0 Å². The van der Waals surface area contributed by atoms with Gasteiger partial charge in [-0.1, -0.05) is 38.1 Å². The minimum atomic E-state index is -4.35. The van der Waals surface area contributed by atoms with Gasteiger partial charge in [-0.15, -0.1) is 0 Å². The van der Waals surface area contributed by atoms with Crippen LogP contribution in [0.3, 0.4) is 0 Å². The summed E-state index contributed by atoms with van der Waals surface area (Å²) in [4.78, 5) is 29.0. The van der Waals surface area contributed by atoms with E-state index in [4.69, 9.17) is 4.74 Å². The molecule has 5 nitrogen and oxygen atoms in total. The summed E-state index contributed by atoms with van der Waals surface area (Å²) in [5.74, 6) is -0.0369. The van der Waals surface area contributed by atoms with E-state index in [1.165, 1.54) is 7.11 Å². The number of carbonyl (C=O) groups excluding carboxylic acids is 2. The Labute approximate surface area is 214 Å². The number of ether oxygens (including phenoxy) is 1. The van der Waals surface area contributed by atoms with Crippen LogP contribution in [-0.4, -0.2) is 24.0 Å². The first-order valence-electron chi connectivity index (χ1n) is 12.2. The molecule has 2 unspecified atom stereocenters. The van der Waals surface area contributed by atoms with E-state index in [9.17, 15) is 22.8 Å². The van der Waals surface area contributed by atoms with Gasteiger partial charge in [-0.05, 0) is 71.7 Å². The van der Waals surface area contributed by atoms with Crippen LogP contribution in [0.15, 0.2) is 60.8 Å². The Morgan fingerprint density at radius 1 is 1.03 bits per heavy atom. The maximum atomic E-state index is 12.9. The zero-order chi connectivity index (χ0) is 26.7. The molecule has 8 heteroatoms. The molecule has 0 bridgehead atoms. The molecule has 3 aromatic rings. The van der Waals surface area contributed by atoms with Crippen LogP contribution in [0.1, 0.15) is 68.4 Å².